The Labute approximate surface area is 274 Å². The van der Waals surface area contributed by atoms with Gasteiger partial charge in [-0.05, 0) is 74.1 Å². The molecule has 0 unspecified atom stereocenters. The second-order valence-electron chi connectivity index (χ2n) is 11.5. The Hall–Kier alpha value is -5.15. The normalized spacial score (nSPS) is 11.5. The quantitative estimate of drug-likeness (QED) is 0.228. The summed E-state index contributed by atoms with van der Waals surface area (Å²) in [5.74, 6) is 0.848. The molecular weight excluding hydrogens is 551 g/mol. The third-order valence-corrected chi connectivity index (χ3v) is 8.87. The summed E-state index contributed by atoms with van der Waals surface area (Å²) in [6, 6.07) is 43.8. The minimum Gasteiger partial charge on any atom is -0.292 e. The standard InChI is InChI=1S/C39H21B5N2/c40-34-32(35(41)37(43)38(44)36(34)42)23-19-20-27-28(21-23)31(22-11-3-1-4-12-22)25-15-7-8-16-26(25)33(27)39-45-29-17-9-10-18-30(29)46(39)24-13-5-2-6-14-24/h1-21H. The van der Waals surface area contributed by atoms with Crippen LogP contribution in [0.15, 0.2) is 127 Å². The minimum atomic E-state index is 0.192. The van der Waals surface area contributed by atoms with Gasteiger partial charge >= 0.3 is 0 Å². The van der Waals surface area contributed by atoms with Crippen LogP contribution in [0, 0.1) is 0 Å². The van der Waals surface area contributed by atoms with Crippen molar-refractivity contribution in [3.8, 4) is 39.3 Å². The molecule has 0 spiro atoms. The van der Waals surface area contributed by atoms with Crippen molar-refractivity contribution in [3.63, 3.8) is 0 Å². The fourth-order valence-electron chi connectivity index (χ4n) is 6.68. The van der Waals surface area contributed by atoms with Crippen molar-refractivity contribution in [2.45, 2.75) is 0 Å². The Morgan fingerprint density at radius 1 is 0.413 bits per heavy atom. The van der Waals surface area contributed by atoms with E-state index >= 15 is 0 Å². The molecule has 46 heavy (non-hydrogen) atoms. The van der Waals surface area contributed by atoms with Gasteiger partial charge in [0.2, 0.25) is 0 Å². The molecule has 0 saturated carbocycles. The van der Waals surface area contributed by atoms with E-state index in [0.29, 0.717) is 16.5 Å². The van der Waals surface area contributed by atoms with E-state index in [1.54, 1.807) is 0 Å². The van der Waals surface area contributed by atoms with Gasteiger partial charge in [0.25, 0.3) is 0 Å². The third-order valence-electron chi connectivity index (χ3n) is 8.87. The summed E-state index contributed by atoms with van der Waals surface area (Å²) in [6.45, 7) is 0. The first-order valence-corrected chi connectivity index (χ1v) is 15.0. The van der Waals surface area contributed by atoms with Gasteiger partial charge in [0.05, 0.1) is 11.0 Å². The smallest absolute Gasteiger partial charge is 0.146 e. The lowest BCUT2D eigenvalue weighted by atomic mass is 9.59. The highest BCUT2D eigenvalue weighted by Crippen LogP contribution is 2.45. The second kappa shape index (κ2) is 11.0. The summed E-state index contributed by atoms with van der Waals surface area (Å²) in [4.78, 5) is 5.28. The fraction of sp³-hybridized carbons (Fsp3) is 0. The first-order valence-electron chi connectivity index (χ1n) is 15.0. The second-order valence-corrected chi connectivity index (χ2v) is 11.5. The maximum absolute atomic E-state index is 6.56. The molecule has 2 nitrogen and oxygen atoms in total. The molecule has 0 saturated heterocycles. The molecular formula is C39H21B5N2. The number of imidazole rings is 1. The highest BCUT2D eigenvalue weighted by molar-refractivity contribution is 6.68. The Bertz CT molecular complexity index is 2440. The monoisotopic (exact) mass is 572 g/mol. The molecule has 10 radical (unpaired) electrons. The van der Waals surface area contributed by atoms with E-state index in [1.807, 2.05) is 42.5 Å². The molecule has 202 valence electrons. The van der Waals surface area contributed by atoms with Gasteiger partial charge in [0, 0.05) is 11.3 Å². The van der Waals surface area contributed by atoms with Crippen LogP contribution in [-0.2, 0) is 0 Å². The lowest BCUT2D eigenvalue weighted by molar-refractivity contribution is 1.11. The van der Waals surface area contributed by atoms with Gasteiger partial charge in [0.1, 0.15) is 45.1 Å². The first kappa shape index (κ1) is 28.3. The highest BCUT2D eigenvalue weighted by atomic mass is 15.1. The van der Waals surface area contributed by atoms with Gasteiger partial charge in [-0.2, -0.15) is 0 Å². The molecule has 0 amide bonds. The van der Waals surface area contributed by atoms with E-state index in [4.69, 9.17) is 44.2 Å². The molecule has 7 aromatic carbocycles. The fourth-order valence-corrected chi connectivity index (χ4v) is 6.68. The summed E-state index contributed by atoms with van der Waals surface area (Å²) < 4.78 is 2.24. The van der Waals surface area contributed by atoms with Crippen LogP contribution in [0.2, 0.25) is 0 Å². The zero-order valence-corrected chi connectivity index (χ0v) is 24.9. The van der Waals surface area contributed by atoms with E-state index in [9.17, 15) is 0 Å². The number of fused-ring (bicyclic) bond motifs is 3. The van der Waals surface area contributed by atoms with Gasteiger partial charge in [-0.3, -0.25) is 4.57 Å². The number of benzene rings is 7. The Morgan fingerprint density at radius 2 is 0.957 bits per heavy atom. The van der Waals surface area contributed by atoms with Crippen LogP contribution in [-0.4, -0.2) is 48.8 Å². The van der Waals surface area contributed by atoms with Crippen molar-refractivity contribution in [2.24, 2.45) is 0 Å². The SMILES string of the molecule is [B]c1c([B])c([B])c(-c2ccc3c(-c4nc5ccccc5n4-c4ccccc4)c4ccccc4c(-c4ccccc4)c3c2)c([B])c1[B]. The van der Waals surface area contributed by atoms with Crippen molar-refractivity contribution in [2.75, 3.05) is 0 Å². The lowest BCUT2D eigenvalue weighted by Gasteiger charge is -2.23. The van der Waals surface area contributed by atoms with E-state index in [1.165, 1.54) is 0 Å². The zero-order valence-electron chi connectivity index (χ0n) is 24.9. The molecule has 0 bridgehead atoms. The molecule has 0 aliphatic carbocycles. The summed E-state index contributed by atoms with van der Waals surface area (Å²) in [6.07, 6.45) is 0. The van der Waals surface area contributed by atoms with Crippen LogP contribution >= 0.6 is 0 Å². The van der Waals surface area contributed by atoms with Crippen LogP contribution < -0.4 is 27.3 Å². The summed E-state index contributed by atoms with van der Waals surface area (Å²) >= 11 is 0. The zero-order chi connectivity index (χ0) is 31.5. The van der Waals surface area contributed by atoms with Gasteiger partial charge in [-0.25, -0.2) is 4.98 Å². The number of hydrogen-bond donors (Lipinski definition) is 0. The van der Waals surface area contributed by atoms with E-state index in [-0.39, 0.29) is 16.4 Å². The molecule has 0 N–H and O–H groups in total. The number of aromatic nitrogens is 2. The van der Waals surface area contributed by atoms with Crippen molar-refractivity contribution >= 4 is 99.1 Å². The lowest BCUT2D eigenvalue weighted by Crippen LogP contribution is -2.55. The molecule has 0 fully saturated rings. The molecule has 0 aliphatic heterocycles. The number of hydrogen-bond acceptors (Lipinski definition) is 1. The largest absolute Gasteiger partial charge is 0.292 e. The summed E-state index contributed by atoms with van der Waals surface area (Å²) in [5.41, 5.74) is 8.76. The van der Waals surface area contributed by atoms with Gasteiger partial charge < -0.3 is 0 Å². The van der Waals surface area contributed by atoms with Crippen LogP contribution in [0.3, 0.4) is 0 Å². The highest BCUT2D eigenvalue weighted by Gasteiger charge is 2.23. The number of rotatable bonds is 4. The van der Waals surface area contributed by atoms with Crippen LogP contribution in [0.4, 0.5) is 0 Å². The Balaban J connectivity index is 1.56. The number of nitrogens with zero attached hydrogens (tertiary/aromatic N) is 2. The molecule has 8 aromatic rings. The van der Waals surface area contributed by atoms with Crippen LogP contribution in [0.25, 0.3) is 71.9 Å². The topological polar surface area (TPSA) is 17.8 Å². The van der Waals surface area contributed by atoms with Gasteiger partial charge in [-0.1, -0.05) is 108 Å². The average Bonchev–Trinajstić information content (AvgIpc) is 3.48. The molecule has 7 heteroatoms. The molecule has 8 rings (SSSR count). The first-order chi connectivity index (χ1) is 22.4. The molecule has 1 heterocycles. The summed E-state index contributed by atoms with van der Waals surface area (Å²) in [7, 11) is 31.9. The van der Waals surface area contributed by atoms with Crippen molar-refractivity contribution in [1.82, 2.24) is 9.55 Å². The molecule has 0 atom stereocenters. The number of para-hydroxylation sites is 3. The van der Waals surface area contributed by atoms with E-state index < -0.39 is 0 Å². The predicted octanol–water partition coefficient (Wildman–Crippen LogP) is 4.30. The maximum Gasteiger partial charge on any atom is 0.146 e. The minimum absolute atomic E-state index is 0.192. The van der Waals surface area contributed by atoms with E-state index in [0.717, 1.165) is 66.3 Å². The van der Waals surface area contributed by atoms with Gasteiger partial charge in [0.15, 0.2) is 0 Å². The Kier molecular flexibility index (Phi) is 6.80. The van der Waals surface area contributed by atoms with Crippen molar-refractivity contribution < 1.29 is 0 Å². The van der Waals surface area contributed by atoms with Crippen molar-refractivity contribution in [1.29, 1.82) is 0 Å². The van der Waals surface area contributed by atoms with Crippen LogP contribution in [0.1, 0.15) is 0 Å². The Morgan fingerprint density at radius 3 is 1.65 bits per heavy atom. The van der Waals surface area contributed by atoms with E-state index in [2.05, 4.69) is 89.5 Å². The predicted molar refractivity (Wildman–Crippen MR) is 199 cm³/mol. The van der Waals surface area contributed by atoms with Crippen molar-refractivity contribution in [3.05, 3.63) is 127 Å². The summed E-state index contributed by atoms with van der Waals surface area (Å²) in [5, 5.41) is 4.23. The average molecular weight is 572 g/mol. The molecule has 0 aliphatic rings. The van der Waals surface area contributed by atoms with Gasteiger partial charge in [-0.15, -0.1) is 16.4 Å². The molecule has 1 aromatic heterocycles. The third kappa shape index (κ3) is 4.30. The maximum atomic E-state index is 6.56. The van der Waals surface area contributed by atoms with Crippen LogP contribution in [0.5, 0.6) is 0 Å².